The van der Waals surface area contributed by atoms with E-state index in [1.165, 1.54) is 0 Å². The number of quaternary nitrogens is 1. The molecule has 2 aliphatic heterocycles. The van der Waals surface area contributed by atoms with Gasteiger partial charge < -0.3 is 5.32 Å². The molecule has 5 heteroatoms. The van der Waals surface area contributed by atoms with E-state index in [0.717, 1.165) is 37.4 Å². The van der Waals surface area contributed by atoms with Crippen molar-refractivity contribution < 1.29 is 4.79 Å². The maximum atomic E-state index is 12.8. The molecule has 0 bridgehead atoms. The Morgan fingerprint density at radius 2 is 1.74 bits per heavy atom. The van der Waals surface area contributed by atoms with Gasteiger partial charge in [0.25, 0.3) is 0 Å². The number of aromatic nitrogens is 1. The van der Waals surface area contributed by atoms with Crippen LogP contribution < -0.4 is 9.80 Å². The Morgan fingerprint density at radius 1 is 1.00 bits per heavy atom. The Morgan fingerprint density at radius 3 is 2.43 bits per heavy atom. The highest BCUT2D eigenvalue weighted by atomic mass is 16.2. The summed E-state index contributed by atoms with van der Waals surface area (Å²) in [5.74, 6) is 0.809. The average Bonchev–Trinajstić information content (AvgIpc) is 2.91. The van der Waals surface area contributed by atoms with E-state index in [2.05, 4.69) is 27.4 Å². The molecule has 1 unspecified atom stereocenters. The first kappa shape index (κ1) is 14.2. The molecule has 1 fully saturated rings. The molecule has 1 saturated heterocycles. The van der Waals surface area contributed by atoms with Gasteiger partial charge in [-0.3, -0.25) is 4.79 Å². The summed E-state index contributed by atoms with van der Waals surface area (Å²) in [7, 11) is 0. The van der Waals surface area contributed by atoms with Crippen LogP contribution in [0.1, 0.15) is 12.8 Å². The van der Waals surface area contributed by atoms with Gasteiger partial charge in [-0.05, 0) is 6.07 Å². The van der Waals surface area contributed by atoms with Crippen LogP contribution in [0.2, 0.25) is 0 Å². The molecule has 1 amide bonds. The molecule has 4 rings (SSSR count). The van der Waals surface area contributed by atoms with E-state index in [0.29, 0.717) is 0 Å². The van der Waals surface area contributed by atoms with Crippen molar-refractivity contribution in [3.63, 3.8) is 0 Å². The Bertz CT molecular complexity index is 697. The van der Waals surface area contributed by atoms with Crippen molar-refractivity contribution in [3.8, 4) is 0 Å². The molecular weight excluding hydrogens is 288 g/mol. The summed E-state index contributed by atoms with van der Waals surface area (Å²) in [4.78, 5) is 21.7. The Hall–Kier alpha value is -2.37. The summed E-state index contributed by atoms with van der Waals surface area (Å²) in [5.41, 5.74) is 0.434. The van der Waals surface area contributed by atoms with Crippen LogP contribution in [0.5, 0.6) is 0 Å². The Balaban J connectivity index is 2.00. The Kier molecular flexibility index (Phi) is 3.32. The highest BCUT2D eigenvalue weighted by Gasteiger charge is 2.63. The van der Waals surface area contributed by atoms with E-state index in [-0.39, 0.29) is 10.4 Å². The number of carbonyl (C=O) groups is 1. The number of benzene rings is 1. The lowest BCUT2D eigenvalue weighted by atomic mass is 9.83. The van der Waals surface area contributed by atoms with Crippen LogP contribution in [0.4, 0.5) is 11.5 Å². The summed E-state index contributed by atoms with van der Waals surface area (Å²) in [6.07, 6.45) is 5.06. The van der Waals surface area contributed by atoms with Crippen LogP contribution in [0.15, 0.2) is 59.7 Å². The summed E-state index contributed by atoms with van der Waals surface area (Å²) in [6.45, 7) is 1.63. The first-order valence-electron chi connectivity index (χ1n) is 7.96. The largest absolute Gasteiger partial charge is 0.316 e. The number of hydrogen-bond donors (Lipinski definition) is 1. The van der Waals surface area contributed by atoms with Gasteiger partial charge in [-0.25, -0.2) is 4.98 Å². The predicted octanol–water partition coefficient (Wildman–Crippen LogP) is 2.41. The summed E-state index contributed by atoms with van der Waals surface area (Å²) in [6, 6.07) is 16.0. The monoisotopic (exact) mass is 307 g/mol. The SMILES string of the molecule is O=C1N=C[N+](c2ccccc2)(c2ccccn2)C12CCNCC2. The number of nitrogens with one attached hydrogen (secondary N) is 1. The number of amides is 1. The molecule has 1 aromatic heterocycles. The smallest absolute Gasteiger partial charge is 0.313 e. The zero-order valence-corrected chi connectivity index (χ0v) is 12.9. The highest BCUT2D eigenvalue weighted by molar-refractivity contribution is 6.07. The fourth-order valence-electron chi connectivity index (χ4n) is 3.88. The lowest BCUT2D eigenvalue weighted by Crippen LogP contribution is -2.65. The third-order valence-electron chi connectivity index (χ3n) is 5.03. The molecule has 0 radical (unpaired) electrons. The second kappa shape index (κ2) is 5.37. The van der Waals surface area contributed by atoms with Crippen molar-refractivity contribution in [1.29, 1.82) is 0 Å². The van der Waals surface area contributed by atoms with Gasteiger partial charge in [0.2, 0.25) is 12.2 Å². The lowest BCUT2D eigenvalue weighted by Gasteiger charge is -2.45. The van der Waals surface area contributed by atoms with E-state index in [4.69, 9.17) is 0 Å². The number of hydrogen-bond acceptors (Lipinski definition) is 3. The minimum absolute atomic E-state index is 0.0338. The van der Waals surface area contributed by atoms with Crippen LogP contribution >= 0.6 is 0 Å². The molecule has 0 saturated carbocycles. The molecule has 1 aromatic carbocycles. The third kappa shape index (κ3) is 1.90. The van der Waals surface area contributed by atoms with Gasteiger partial charge in [-0.2, -0.15) is 9.48 Å². The normalized spacial score (nSPS) is 25.8. The quantitative estimate of drug-likeness (QED) is 0.867. The van der Waals surface area contributed by atoms with Gasteiger partial charge >= 0.3 is 5.91 Å². The van der Waals surface area contributed by atoms with E-state index in [9.17, 15) is 4.79 Å². The van der Waals surface area contributed by atoms with Gasteiger partial charge in [0.1, 0.15) is 5.69 Å². The highest BCUT2D eigenvalue weighted by Crippen LogP contribution is 2.47. The van der Waals surface area contributed by atoms with Gasteiger partial charge in [0.15, 0.2) is 5.54 Å². The molecule has 1 atom stereocenters. The molecule has 116 valence electrons. The number of pyridine rings is 1. The first-order valence-corrected chi connectivity index (χ1v) is 7.96. The summed E-state index contributed by atoms with van der Waals surface area (Å²) >= 11 is 0. The Labute approximate surface area is 135 Å². The van der Waals surface area contributed by atoms with E-state index in [1.807, 2.05) is 36.4 Å². The molecule has 1 N–H and O–H groups in total. The molecule has 0 aliphatic carbocycles. The zero-order chi connectivity index (χ0) is 15.8. The third-order valence-corrected chi connectivity index (χ3v) is 5.03. The standard InChI is InChI=1S/C18H19N4O/c23-17-18(9-12-19-13-10-18)22(14-21-17,15-6-2-1-3-7-15)16-8-4-5-11-20-16/h1-8,11,14,19H,9-10,12-13H2/q+1. The molecule has 23 heavy (non-hydrogen) atoms. The number of piperidine rings is 1. The van der Waals surface area contributed by atoms with E-state index < -0.39 is 5.54 Å². The van der Waals surface area contributed by atoms with Crippen molar-refractivity contribution in [1.82, 2.24) is 14.8 Å². The molecule has 3 heterocycles. The predicted molar refractivity (Wildman–Crippen MR) is 90.5 cm³/mol. The molecule has 2 aromatic rings. The number of carbonyl (C=O) groups excluding carboxylic acids is 1. The van der Waals surface area contributed by atoms with Crippen LogP contribution in [0, 0.1) is 0 Å². The number of rotatable bonds is 2. The average molecular weight is 307 g/mol. The van der Waals surface area contributed by atoms with Gasteiger partial charge in [-0.15, -0.1) is 0 Å². The fourth-order valence-corrected chi connectivity index (χ4v) is 3.88. The second-order valence-corrected chi connectivity index (χ2v) is 6.08. The number of aliphatic imine (C=N–C) groups is 1. The van der Waals surface area contributed by atoms with Crippen molar-refractivity contribution in [2.24, 2.45) is 4.99 Å². The zero-order valence-electron chi connectivity index (χ0n) is 12.9. The van der Waals surface area contributed by atoms with Gasteiger partial charge in [0, 0.05) is 50.3 Å². The maximum Gasteiger partial charge on any atom is 0.313 e. The summed E-state index contributed by atoms with van der Waals surface area (Å²) < 4.78 is 0.287. The molecule has 2 aliphatic rings. The van der Waals surface area contributed by atoms with Crippen molar-refractivity contribution in [2.45, 2.75) is 18.4 Å². The fraction of sp³-hybridized carbons (Fsp3) is 0.278. The van der Waals surface area contributed by atoms with E-state index in [1.54, 1.807) is 12.5 Å². The maximum absolute atomic E-state index is 12.8. The minimum Gasteiger partial charge on any atom is -0.316 e. The lowest BCUT2D eigenvalue weighted by molar-refractivity contribution is -0.125. The first-order chi connectivity index (χ1) is 11.3. The summed E-state index contributed by atoms with van der Waals surface area (Å²) in [5, 5.41) is 3.36. The topological polar surface area (TPSA) is 54.4 Å². The minimum atomic E-state index is -0.596. The number of para-hydroxylation sites is 1. The van der Waals surface area contributed by atoms with Gasteiger partial charge in [-0.1, -0.05) is 24.3 Å². The van der Waals surface area contributed by atoms with Crippen LogP contribution in [0.3, 0.4) is 0 Å². The molecule has 5 nitrogen and oxygen atoms in total. The van der Waals surface area contributed by atoms with Crippen LogP contribution in [-0.2, 0) is 4.79 Å². The van der Waals surface area contributed by atoms with E-state index >= 15 is 0 Å². The number of nitrogens with zero attached hydrogens (tertiary/aromatic N) is 3. The van der Waals surface area contributed by atoms with Crippen molar-refractivity contribution in [2.75, 3.05) is 13.1 Å². The molecule has 1 spiro atoms. The van der Waals surface area contributed by atoms with Crippen LogP contribution in [0.25, 0.3) is 0 Å². The van der Waals surface area contributed by atoms with Gasteiger partial charge in [0.05, 0.1) is 0 Å². The molecular formula is C18H19N4O+. The second-order valence-electron chi connectivity index (χ2n) is 6.08. The van der Waals surface area contributed by atoms with Crippen molar-refractivity contribution in [3.05, 3.63) is 54.7 Å². The van der Waals surface area contributed by atoms with Crippen LogP contribution in [-0.4, -0.2) is 35.9 Å². The van der Waals surface area contributed by atoms with Crippen molar-refractivity contribution >= 4 is 23.8 Å².